The molecule has 1 aromatic carbocycles. The molecule has 1 N–H and O–H groups in total. The van der Waals surface area contributed by atoms with Crippen LogP contribution in [0.25, 0.3) is 0 Å². The topological polar surface area (TPSA) is 89.2 Å². The molecular formula is C23H23NO6. The number of benzene rings is 1. The Labute approximate surface area is 174 Å². The lowest BCUT2D eigenvalue weighted by Crippen LogP contribution is -2.42. The fourth-order valence-corrected chi connectivity index (χ4v) is 3.55. The third kappa shape index (κ3) is 4.34. The van der Waals surface area contributed by atoms with E-state index in [0.717, 1.165) is 12.8 Å². The van der Waals surface area contributed by atoms with Crippen LogP contribution in [-0.4, -0.2) is 47.2 Å². The minimum atomic E-state index is -1.15. The number of Topliss-reactive ketones (excluding diaryl/α,β-unsaturated/α-hetero) is 1. The van der Waals surface area contributed by atoms with Crippen molar-refractivity contribution in [3.05, 3.63) is 47.4 Å². The van der Waals surface area contributed by atoms with E-state index in [0.29, 0.717) is 35.9 Å². The largest absolute Gasteiger partial charge is 0.454 e. The van der Waals surface area contributed by atoms with Gasteiger partial charge in [0.15, 0.2) is 28.8 Å². The summed E-state index contributed by atoms with van der Waals surface area (Å²) in [6, 6.07) is 8.34. The predicted molar refractivity (Wildman–Crippen MR) is 107 cm³/mol. The molecule has 0 radical (unpaired) electrons. The van der Waals surface area contributed by atoms with E-state index in [2.05, 4.69) is 11.8 Å². The van der Waals surface area contributed by atoms with Gasteiger partial charge in [-0.2, -0.15) is 0 Å². The molecule has 1 fully saturated rings. The minimum Gasteiger partial charge on any atom is -0.454 e. The van der Waals surface area contributed by atoms with Gasteiger partial charge in [0.1, 0.15) is 5.60 Å². The second kappa shape index (κ2) is 7.88. The summed E-state index contributed by atoms with van der Waals surface area (Å²) in [6.45, 7) is 4.19. The maximum atomic E-state index is 13.0. The zero-order chi connectivity index (χ0) is 21.3. The number of carbonyl (C=O) groups excluding carboxylic acids is 2. The van der Waals surface area contributed by atoms with Crippen molar-refractivity contribution in [2.45, 2.75) is 32.3 Å². The Balaban J connectivity index is 1.44. The van der Waals surface area contributed by atoms with Crippen molar-refractivity contribution < 1.29 is 28.6 Å². The Morgan fingerprint density at radius 2 is 1.97 bits per heavy atom. The van der Waals surface area contributed by atoms with E-state index in [-0.39, 0.29) is 30.2 Å². The maximum absolute atomic E-state index is 13.0. The quantitative estimate of drug-likeness (QED) is 0.619. The average Bonchev–Trinajstić information content (AvgIpc) is 3.39. The van der Waals surface area contributed by atoms with E-state index < -0.39 is 5.60 Å². The molecule has 7 heteroatoms. The standard InChI is InChI=1S/C23H23NO6/c1-23(2,27)10-9-17-6-8-19(30-17)22(26)24-11-3-4-16(13-24)21(25)15-5-7-18-20(12-15)29-14-28-18/h5-8,12,16,27H,3-4,11,13-14H2,1-2H3. The molecule has 2 aliphatic rings. The Morgan fingerprint density at radius 3 is 2.77 bits per heavy atom. The van der Waals surface area contributed by atoms with Crippen molar-refractivity contribution in [2.24, 2.45) is 5.92 Å². The summed E-state index contributed by atoms with van der Waals surface area (Å²) in [5.74, 6) is 6.49. The van der Waals surface area contributed by atoms with Gasteiger partial charge in [-0.3, -0.25) is 9.59 Å². The summed E-state index contributed by atoms with van der Waals surface area (Å²) in [7, 11) is 0. The number of carbonyl (C=O) groups is 2. The molecule has 0 aliphatic carbocycles. The predicted octanol–water partition coefficient (Wildman–Crippen LogP) is 2.87. The van der Waals surface area contributed by atoms with Gasteiger partial charge >= 0.3 is 0 Å². The van der Waals surface area contributed by atoms with Crippen molar-refractivity contribution in [3.63, 3.8) is 0 Å². The molecule has 30 heavy (non-hydrogen) atoms. The number of hydrogen-bond acceptors (Lipinski definition) is 6. The van der Waals surface area contributed by atoms with Gasteiger partial charge in [0, 0.05) is 24.6 Å². The lowest BCUT2D eigenvalue weighted by atomic mass is 9.89. The van der Waals surface area contributed by atoms with Crippen LogP contribution >= 0.6 is 0 Å². The second-order valence-corrected chi connectivity index (χ2v) is 8.00. The molecule has 0 spiro atoms. The molecule has 1 unspecified atom stereocenters. The summed E-state index contributed by atoms with van der Waals surface area (Å²) in [5, 5.41) is 9.69. The molecule has 156 valence electrons. The fraction of sp³-hybridized carbons (Fsp3) is 0.391. The van der Waals surface area contributed by atoms with Crippen LogP contribution < -0.4 is 9.47 Å². The molecule has 1 amide bonds. The van der Waals surface area contributed by atoms with E-state index in [1.54, 1.807) is 49.1 Å². The lowest BCUT2D eigenvalue weighted by Gasteiger charge is -2.31. The smallest absolute Gasteiger partial charge is 0.289 e. The van der Waals surface area contributed by atoms with Crippen molar-refractivity contribution in [1.29, 1.82) is 0 Å². The van der Waals surface area contributed by atoms with Gasteiger partial charge in [-0.1, -0.05) is 5.92 Å². The molecular weight excluding hydrogens is 386 g/mol. The number of furan rings is 1. The van der Waals surface area contributed by atoms with E-state index in [9.17, 15) is 14.7 Å². The van der Waals surface area contributed by atoms with Gasteiger partial charge < -0.3 is 23.9 Å². The van der Waals surface area contributed by atoms with Gasteiger partial charge in [0.2, 0.25) is 6.79 Å². The summed E-state index contributed by atoms with van der Waals surface area (Å²) in [4.78, 5) is 27.5. The lowest BCUT2D eigenvalue weighted by molar-refractivity contribution is 0.0610. The number of ether oxygens (including phenoxy) is 2. The number of rotatable bonds is 3. The number of nitrogens with zero attached hydrogens (tertiary/aromatic N) is 1. The van der Waals surface area contributed by atoms with E-state index in [4.69, 9.17) is 13.9 Å². The molecule has 1 atom stereocenters. The zero-order valence-electron chi connectivity index (χ0n) is 16.9. The molecule has 2 aromatic rings. The Kier molecular flexibility index (Phi) is 5.27. The number of likely N-dealkylation sites (tertiary alicyclic amines) is 1. The van der Waals surface area contributed by atoms with Crippen LogP contribution in [0.15, 0.2) is 34.7 Å². The van der Waals surface area contributed by atoms with Crippen molar-refractivity contribution in [3.8, 4) is 23.3 Å². The van der Waals surface area contributed by atoms with E-state index in [1.807, 2.05) is 0 Å². The van der Waals surface area contributed by atoms with Crippen LogP contribution in [0.1, 0.15) is 53.4 Å². The third-order valence-electron chi connectivity index (χ3n) is 5.04. The van der Waals surface area contributed by atoms with Crippen LogP contribution in [0, 0.1) is 17.8 Å². The number of hydrogen-bond donors (Lipinski definition) is 1. The van der Waals surface area contributed by atoms with Crippen molar-refractivity contribution in [2.75, 3.05) is 19.9 Å². The first kappa shape index (κ1) is 20.0. The van der Waals surface area contributed by atoms with Gasteiger partial charge in [-0.05, 0) is 62.9 Å². The van der Waals surface area contributed by atoms with Gasteiger partial charge in [-0.15, -0.1) is 0 Å². The normalized spacial score (nSPS) is 18.0. The van der Waals surface area contributed by atoms with Crippen molar-refractivity contribution >= 4 is 11.7 Å². The Bertz CT molecular complexity index is 1040. The first-order valence-corrected chi connectivity index (χ1v) is 9.89. The van der Waals surface area contributed by atoms with Crippen LogP contribution in [0.5, 0.6) is 11.5 Å². The highest BCUT2D eigenvalue weighted by atomic mass is 16.7. The highest BCUT2D eigenvalue weighted by Crippen LogP contribution is 2.34. The highest BCUT2D eigenvalue weighted by Gasteiger charge is 2.31. The van der Waals surface area contributed by atoms with E-state index in [1.165, 1.54) is 0 Å². The number of ketones is 1. The van der Waals surface area contributed by atoms with Gasteiger partial charge in [0.05, 0.1) is 0 Å². The van der Waals surface area contributed by atoms with Crippen LogP contribution in [0.2, 0.25) is 0 Å². The van der Waals surface area contributed by atoms with E-state index >= 15 is 0 Å². The first-order valence-electron chi connectivity index (χ1n) is 9.89. The van der Waals surface area contributed by atoms with Crippen LogP contribution in [-0.2, 0) is 0 Å². The SMILES string of the molecule is CC(C)(O)C#Cc1ccc(C(=O)N2CCCC(C(=O)c3ccc4c(c3)OCO4)C2)o1. The fourth-order valence-electron chi connectivity index (χ4n) is 3.55. The van der Waals surface area contributed by atoms with Gasteiger partial charge in [0.25, 0.3) is 5.91 Å². The Hall–Kier alpha value is -3.24. The number of fused-ring (bicyclic) bond motifs is 1. The number of piperidine rings is 1. The van der Waals surface area contributed by atoms with Crippen molar-refractivity contribution in [1.82, 2.24) is 4.90 Å². The molecule has 0 saturated carbocycles. The number of aliphatic hydroxyl groups is 1. The van der Waals surface area contributed by atoms with Crippen LogP contribution in [0.3, 0.4) is 0 Å². The Morgan fingerprint density at radius 1 is 1.17 bits per heavy atom. The zero-order valence-corrected chi connectivity index (χ0v) is 16.9. The second-order valence-electron chi connectivity index (χ2n) is 8.00. The molecule has 7 nitrogen and oxygen atoms in total. The molecule has 1 saturated heterocycles. The first-order chi connectivity index (χ1) is 14.3. The monoisotopic (exact) mass is 409 g/mol. The van der Waals surface area contributed by atoms with Crippen LogP contribution in [0.4, 0.5) is 0 Å². The summed E-state index contributed by atoms with van der Waals surface area (Å²) in [6.07, 6.45) is 1.45. The molecule has 3 heterocycles. The van der Waals surface area contributed by atoms with Gasteiger partial charge in [-0.25, -0.2) is 0 Å². The highest BCUT2D eigenvalue weighted by molar-refractivity contribution is 5.99. The summed E-state index contributed by atoms with van der Waals surface area (Å²) >= 11 is 0. The molecule has 4 rings (SSSR count). The average molecular weight is 409 g/mol. The molecule has 1 aromatic heterocycles. The summed E-state index contributed by atoms with van der Waals surface area (Å²) in [5.41, 5.74) is -0.590. The molecule has 2 aliphatic heterocycles. The minimum absolute atomic E-state index is 0.0121. The number of amides is 1. The third-order valence-corrected chi connectivity index (χ3v) is 5.04. The molecule has 0 bridgehead atoms. The maximum Gasteiger partial charge on any atom is 0.289 e. The summed E-state index contributed by atoms with van der Waals surface area (Å²) < 4.78 is 16.2.